The summed E-state index contributed by atoms with van der Waals surface area (Å²) in [4.78, 5) is 7.36. The first-order chi connectivity index (χ1) is 14.0. The van der Waals surface area contributed by atoms with Crippen molar-refractivity contribution in [1.29, 1.82) is 0 Å². The number of rotatable bonds is 9. The van der Waals surface area contributed by atoms with E-state index < -0.39 is 6.10 Å². The van der Waals surface area contributed by atoms with Crippen LogP contribution in [0.15, 0.2) is 18.2 Å². The number of likely N-dealkylation sites (tertiary alicyclic amines) is 1. The molecule has 0 spiro atoms. The normalized spacial score (nSPS) is 20.7. The fraction of sp³-hybridized carbons (Fsp3) is 0.739. The van der Waals surface area contributed by atoms with Crippen LogP contribution in [0.1, 0.15) is 38.7 Å². The Morgan fingerprint density at radius 2 is 1.66 bits per heavy atom. The molecule has 1 aromatic carbocycles. The minimum absolute atomic E-state index is 0.295. The van der Waals surface area contributed by atoms with Gasteiger partial charge in [-0.25, -0.2) is 0 Å². The molecular weight excluding hydrogens is 366 g/mol. The fourth-order valence-corrected chi connectivity index (χ4v) is 4.31. The van der Waals surface area contributed by atoms with Crippen LogP contribution in [0.25, 0.3) is 0 Å². The van der Waals surface area contributed by atoms with Crippen molar-refractivity contribution in [1.82, 2.24) is 14.7 Å². The van der Waals surface area contributed by atoms with E-state index in [4.69, 9.17) is 9.47 Å². The number of hydrogen-bond acceptors (Lipinski definition) is 6. The highest BCUT2D eigenvalue weighted by atomic mass is 16.5. The van der Waals surface area contributed by atoms with Gasteiger partial charge in [-0.05, 0) is 57.5 Å². The maximum absolute atomic E-state index is 10.4. The van der Waals surface area contributed by atoms with Crippen LogP contribution < -0.4 is 9.47 Å². The van der Waals surface area contributed by atoms with Crippen LogP contribution >= 0.6 is 0 Å². The van der Waals surface area contributed by atoms with E-state index in [-0.39, 0.29) is 0 Å². The number of aliphatic hydroxyl groups is 1. The van der Waals surface area contributed by atoms with Crippen molar-refractivity contribution < 1.29 is 14.6 Å². The molecule has 29 heavy (non-hydrogen) atoms. The van der Waals surface area contributed by atoms with Crippen molar-refractivity contribution in [3.63, 3.8) is 0 Å². The molecule has 0 bridgehead atoms. The van der Waals surface area contributed by atoms with E-state index in [1.807, 2.05) is 6.07 Å². The number of benzene rings is 1. The molecule has 1 aromatic rings. The van der Waals surface area contributed by atoms with Gasteiger partial charge in [0, 0.05) is 45.3 Å². The summed E-state index contributed by atoms with van der Waals surface area (Å²) in [6, 6.07) is 6.78. The molecule has 0 aromatic heterocycles. The van der Waals surface area contributed by atoms with Gasteiger partial charge in [0.1, 0.15) is 12.7 Å². The van der Waals surface area contributed by atoms with E-state index >= 15 is 0 Å². The molecule has 2 aliphatic heterocycles. The monoisotopic (exact) mass is 405 g/mol. The third-order valence-corrected chi connectivity index (χ3v) is 6.12. The van der Waals surface area contributed by atoms with E-state index in [1.165, 1.54) is 24.8 Å². The Hall–Kier alpha value is -1.34. The quantitative estimate of drug-likeness (QED) is 0.681. The highest BCUT2D eigenvalue weighted by Crippen LogP contribution is 2.29. The Bertz CT molecular complexity index is 611. The zero-order valence-electron chi connectivity index (χ0n) is 18.5. The van der Waals surface area contributed by atoms with Crippen molar-refractivity contribution >= 4 is 0 Å². The van der Waals surface area contributed by atoms with Gasteiger partial charge in [-0.3, -0.25) is 9.80 Å². The number of piperazine rings is 1. The van der Waals surface area contributed by atoms with Crippen LogP contribution in [0, 0.1) is 0 Å². The van der Waals surface area contributed by atoms with Gasteiger partial charge in [-0.2, -0.15) is 0 Å². The van der Waals surface area contributed by atoms with Crippen molar-refractivity contribution in [2.75, 3.05) is 59.5 Å². The summed E-state index contributed by atoms with van der Waals surface area (Å²) in [5, 5.41) is 10.4. The van der Waals surface area contributed by atoms with E-state index in [2.05, 4.69) is 40.7 Å². The van der Waals surface area contributed by atoms with Gasteiger partial charge in [0.15, 0.2) is 11.5 Å². The predicted molar refractivity (Wildman–Crippen MR) is 117 cm³/mol. The second-order valence-corrected chi connectivity index (χ2v) is 8.72. The summed E-state index contributed by atoms with van der Waals surface area (Å²) in [6.07, 6.45) is 3.29. The molecule has 2 heterocycles. The summed E-state index contributed by atoms with van der Waals surface area (Å²) >= 11 is 0. The van der Waals surface area contributed by atoms with Gasteiger partial charge in [0.2, 0.25) is 0 Å². The molecule has 0 saturated carbocycles. The molecule has 6 nitrogen and oxygen atoms in total. The minimum atomic E-state index is -0.481. The van der Waals surface area contributed by atoms with Crippen LogP contribution in [-0.4, -0.2) is 91.5 Å². The lowest BCUT2D eigenvalue weighted by atomic mass is 10.1. The number of β-amino-alcohol motifs (C(OH)–C–C–N with tert-alkyl or cyclic N) is 1. The molecule has 0 radical (unpaired) electrons. The lowest BCUT2D eigenvalue weighted by Crippen LogP contribution is -2.48. The van der Waals surface area contributed by atoms with E-state index in [0.717, 1.165) is 57.3 Å². The highest BCUT2D eigenvalue weighted by molar-refractivity contribution is 5.43. The molecule has 1 atom stereocenters. The number of nitrogens with zero attached hydrogens (tertiary/aromatic N) is 3. The SMILES string of the molecule is COc1ccc(CN2CCN(C(C)C)CC2)cc1OCC(O)CN1CCCCC1. The van der Waals surface area contributed by atoms with Crippen molar-refractivity contribution in [2.45, 2.75) is 51.8 Å². The van der Waals surface area contributed by atoms with Crippen LogP contribution in [0.5, 0.6) is 11.5 Å². The molecule has 1 N–H and O–H groups in total. The number of piperidine rings is 1. The Kier molecular flexibility index (Phi) is 8.60. The van der Waals surface area contributed by atoms with Gasteiger partial charge >= 0.3 is 0 Å². The molecule has 1 unspecified atom stereocenters. The summed E-state index contributed by atoms with van der Waals surface area (Å²) in [6.45, 7) is 13.0. The molecule has 164 valence electrons. The minimum Gasteiger partial charge on any atom is -0.493 e. The first-order valence-corrected chi connectivity index (χ1v) is 11.2. The average molecular weight is 406 g/mol. The van der Waals surface area contributed by atoms with Crippen molar-refractivity contribution in [3.05, 3.63) is 23.8 Å². The molecule has 3 rings (SSSR count). The summed E-state index contributed by atoms with van der Waals surface area (Å²) < 4.78 is 11.5. The van der Waals surface area contributed by atoms with Crippen LogP contribution in [0.2, 0.25) is 0 Å². The number of aliphatic hydroxyl groups excluding tert-OH is 1. The van der Waals surface area contributed by atoms with Crippen LogP contribution in [0.4, 0.5) is 0 Å². The van der Waals surface area contributed by atoms with Crippen molar-refractivity contribution in [3.8, 4) is 11.5 Å². The van der Waals surface area contributed by atoms with Gasteiger partial charge < -0.3 is 19.5 Å². The Morgan fingerprint density at radius 3 is 2.31 bits per heavy atom. The third kappa shape index (κ3) is 6.85. The fourth-order valence-electron chi connectivity index (χ4n) is 4.31. The van der Waals surface area contributed by atoms with Gasteiger partial charge in [-0.1, -0.05) is 12.5 Å². The molecule has 2 aliphatic rings. The van der Waals surface area contributed by atoms with Gasteiger partial charge in [0.25, 0.3) is 0 Å². The zero-order chi connectivity index (χ0) is 20.6. The maximum Gasteiger partial charge on any atom is 0.161 e. The van der Waals surface area contributed by atoms with E-state index in [0.29, 0.717) is 19.2 Å². The number of ether oxygens (including phenoxy) is 2. The molecule has 2 fully saturated rings. The van der Waals surface area contributed by atoms with Crippen molar-refractivity contribution in [2.24, 2.45) is 0 Å². The standard InChI is InChI=1S/C23H39N3O3/c1-19(2)26-13-11-25(12-14-26)16-20-7-8-22(28-3)23(15-20)29-18-21(27)17-24-9-5-4-6-10-24/h7-8,15,19,21,27H,4-6,9-14,16-18H2,1-3H3. The second-order valence-electron chi connectivity index (χ2n) is 8.72. The molecule has 6 heteroatoms. The summed E-state index contributed by atoms with van der Waals surface area (Å²) in [5.74, 6) is 1.45. The first kappa shape index (κ1) is 22.3. The Labute approximate surface area is 176 Å². The lowest BCUT2D eigenvalue weighted by Gasteiger charge is -2.37. The predicted octanol–water partition coefficient (Wildman–Crippen LogP) is 2.45. The molecule has 0 aliphatic carbocycles. The number of hydrogen-bond donors (Lipinski definition) is 1. The van der Waals surface area contributed by atoms with Gasteiger partial charge in [0.05, 0.1) is 7.11 Å². The highest BCUT2D eigenvalue weighted by Gasteiger charge is 2.20. The van der Waals surface area contributed by atoms with Crippen LogP contribution in [0.3, 0.4) is 0 Å². The summed E-state index contributed by atoms with van der Waals surface area (Å²) in [7, 11) is 1.66. The largest absolute Gasteiger partial charge is 0.493 e. The Morgan fingerprint density at radius 1 is 0.931 bits per heavy atom. The third-order valence-electron chi connectivity index (χ3n) is 6.12. The molecule has 2 saturated heterocycles. The zero-order valence-corrected chi connectivity index (χ0v) is 18.5. The number of methoxy groups -OCH3 is 1. The second kappa shape index (κ2) is 11.2. The van der Waals surface area contributed by atoms with Crippen LogP contribution in [-0.2, 0) is 6.54 Å². The molecular formula is C23H39N3O3. The summed E-state index contributed by atoms with van der Waals surface area (Å²) in [5.41, 5.74) is 1.23. The topological polar surface area (TPSA) is 48.4 Å². The molecule has 0 amide bonds. The van der Waals surface area contributed by atoms with E-state index in [1.54, 1.807) is 7.11 Å². The first-order valence-electron chi connectivity index (χ1n) is 11.2. The lowest BCUT2D eigenvalue weighted by molar-refractivity contribution is 0.0607. The Balaban J connectivity index is 1.51. The average Bonchev–Trinajstić information content (AvgIpc) is 2.73. The van der Waals surface area contributed by atoms with Gasteiger partial charge in [-0.15, -0.1) is 0 Å². The smallest absolute Gasteiger partial charge is 0.161 e. The maximum atomic E-state index is 10.4. The van der Waals surface area contributed by atoms with E-state index in [9.17, 15) is 5.11 Å².